The first-order chi connectivity index (χ1) is 16.9. The number of ketones is 2. The average Bonchev–Trinajstić information content (AvgIpc) is 3.22. The number of nitrogens with zero attached hydrogens (tertiary/aromatic N) is 2. The van der Waals surface area contributed by atoms with Crippen molar-refractivity contribution in [3.63, 3.8) is 0 Å². The van der Waals surface area contributed by atoms with Crippen LogP contribution in [0.2, 0.25) is 5.02 Å². The highest BCUT2D eigenvalue weighted by atomic mass is 35.5. The van der Waals surface area contributed by atoms with Gasteiger partial charge in [0, 0.05) is 39.7 Å². The standard InChI is InChI=1S/C27H18ClN3O4/c28-18-8-5-16(6-9-18)14-31-15-21(20-3-1-2-4-24(20)31)25(32)26(33)23-11-7-17-13-19(29-27(34)35)10-12-22(17)30-23/h1-13,15,29H,14H2,(H,34,35). The molecule has 3 aromatic carbocycles. The fourth-order valence-corrected chi connectivity index (χ4v) is 4.16. The minimum Gasteiger partial charge on any atom is -0.465 e. The quantitative estimate of drug-likeness (QED) is 0.226. The summed E-state index contributed by atoms with van der Waals surface area (Å²) in [6.07, 6.45) is 0.523. The Balaban J connectivity index is 1.47. The van der Waals surface area contributed by atoms with Crippen LogP contribution in [0.15, 0.2) is 85.1 Å². The number of hydrogen-bond donors (Lipinski definition) is 2. The molecule has 0 atom stereocenters. The first-order valence-corrected chi connectivity index (χ1v) is 11.1. The van der Waals surface area contributed by atoms with Crippen LogP contribution in [0.25, 0.3) is 21.8 Å². The number of rotatable bonds is 6. The van der Waals surface area contributed by atoms with Gasteiger partial charge in [-0.2, -0.15) is 0 Å². The van der Waals surface area contributed by atoms with Gasteiger partial charge in [0.05, 0.1) is 11.1 Å². The molecule has 172 valence electrons. The van der Waals surface area contributed by atoms with Gasteiger partial charge >= 0.3 is 6.09 Å². The largest absolute Gasteiger partial charge is 0.465 e. The molecule has 2 heterocycles. The fourth-order valence-electron chi connectivity index (χ4n) is 4.04. The summed E-state index contributed by atoms with van der Waals surface area (Å²) in [5.74, 6) is -1.36. The Hall–Kier alpha value is -4.49. The molecule has 0 unspecified atom stereocenters. The van der Waals surface area contributed by atoms with Crippen molar-refractivity contribution in [1.82, 2.24) is 9.55 Å². The van der Waals surface area contributed by atoms with E-state index < -0.39 is 17.7 Å². The van der Waals surface area contributed by atoms with Crippen molar-refractivity contribution in [3.8, 4) is 0 Å². The van der Waals surface area contributed by atoms with E-state index >= 15 is 0 Å². The molecule has 0 saturated carbocycles. The van der Waals surface area contributed by atoms with Crippen LogP contribution in [0.5, 0.6) is 0 Å². The van der Waals surface area contributed by atoms with Crippen LogP contribution in [-0.4, -0.2) is 32.3 Å². The van der Waals surface area contributed by atoms with Crippen molar-refractivity contribution in [2.45, 2.75) is 6.54 Å². The molecule has 0 bridgehead atoms. The summed E-state index contributed by atoms with van der Waals surface area (Å²) in [5.41, 5.74) is 3.04. The Kier molecular flexibility index (Phi) is 5.76. The van der Waals surface area contributed by atoms with E-state index in [2.05, 4.69) is 10.3 Å². The van der Waals surface area contributed by atoms with Gasteiger partial charge in [0.2, 0.25) is 5.78 Å². The lowest BCUT2D eigenvalue weighted by Crippen LogP contribution is -2.16. The number of para-hydroxylation sites is 1. The normalized spacial score (nSPS) is 11.0. The summed E-state index contributed by atoms with van der Waals surface area (Å²) in [6, 6.07) is 22.8. The number of benzene rings is 3. The number of carboxylic acid groups (broad SMARTS) is 1. The number of Topliss-reactive ketones (excluding diaryl/α,β-unsaturated/α-hetero) is 2. The van der Waals surface area contributed by atoms with Crippen molar-refractivity contribution < 1.29 is 19.5 Å². The summed E-state index contributed by atoms with van der Waals surface area (Å²) < 4.78 is 1.93. The van der Waals surface area contributed by atoms with E-state index in [1.54, 1.807) is 30.5 Å². The highest BCUT2D eigenvalue weighted by Gasteiger charge is 2.24. The lowest BCUT2D eigenvalue weighted by atomic mass is 10.0. The molecule has 0 aliphatic rings. The summed E-state index contributed by atoms with van der Waals surface area (Å²) >= 11 is 5.99. The maximum Gasteiger partial charge on any atom is 0.409 e. The number of carbonyl (C=O) groups excluding carboxylic acids is 2. The Morgan fingerprint density at radius 1 is 0.914 bits per heavy atom. The minimum atomic E-state index is -1.18. The fraction of sp³-hybridized carbons (Fsp3) is 0.0370. The van der Waals surface area contributed by atoms with Gasteiger partial charge in [-0.1, -0.05) is 48.0 Å². The zero-order valence-corrected chi connectivity index (χ0v) is 19.0. The molecule has 5 rings (SSSR count). The molecule has 0 spiro atoms. The number of carbonyl (C=O) groups is 3. The zero-order chi connectivity index (χ0) is 24.5. The van der Waals surface area contributed by atoms with E-state index in [0.29, 0.717) is 39.1 Å². The second-order valence-electron chi connectivity index (χ2n) is 8.01. The first kappa shape index (κ1) is 22.3. The minimum absolute atomic E-state index is 0.0241. The molecular formula is C27H18ClN3O4. The van der Waals surface area contributed by atoms with Crippen LogP contribution in [0.1, 0.15) is 26.4 Å². The number of hydrogen-bond acceptors (Lipinski definition) is 4. The van der Waals surface area contributed by atoms with Gasteiger partial charge in [0.15, 0.2) is 0 Å². The molecule has 0 aliphatic carbocycles. The number of anilines is 1. The number of amides is 1. The Labute approximate surface area is 204 Å². The molecule has 35 heavy (non-hydrogen) atoms. The predicted octanol–water partition coefficient (Wildman–Crippen LogP) is 6.05. The van der Waals surface area contributed by atoms with Crippen LogP contribution in [-0.2, 0) is 6.54 Å². The second kappa shape index (κ2) is 9.04. The van der Waals surface area contributed by atoms with E-state index in [9.17, 15) is 14.4 Å². The third-order valence-corrected chi connectivity index (χ3v) is 5.93. The predicted molar refractivity (Wildman–Crippen MR) is 135 cm³/mol. The van der Waals surface area contributed by atoms with Crippen LogP contribution < -0.4 is 5.32 Å². The Bertz CT molecular complexity index is 1620. The SMILES string of the molecule is O=C(O)Nc1ccc2nc(C(=O)C(=O)c3cn(Cc4ccc(Cl)cc4)c4ccccc34)ccc2c1. The third-order valence-electron chi connectivity index (χ3n) is 5.68. The first-order valence-electron chi connectivity index (χ1n) is 10.7. The van der Waals surface area contributed by atoms with E-state index in [1.807, 2.05) is 53.1 Å². The average molecular weight is 484 g/mol. The van der Waals surface area contributed by atoms with E-state index in [1.165, 1.54) is 6.07 Å². The van der Waals surface area contributed by atoms with Crippen molar-refractivity contribution in [1.29, 1.82) is 0 Å². The zero-order valence-electron chi connectivity index (χ0n) is 18.2. The summed E-state index contributed by atoms with van der Waals surface area (Å²) in [7, 11) is 0. The lowest BCUT2D eigenvalue weighted by Gasteiger charge is -2.05. The molecule has 7 nitrogen and oxygen atoms in total. The lowest BCUT2D eigenvalue weighted by molar-refractivity contribution is 0.0815. The summed E-state index contributed by atoms with van der Waals surface area (Å²) in [6.45, 7) is 0.514. The van der Waals surface area contributed by atoms with E-state index in [-0.39, 0.29) is 5.69 Å². The molecule has 0 radical (unpaired) electrons. The molecule has 0 aliphatic heterocycles. The second-order valence-corrected chi connectivity index (χ2v) is 8.44. The maximum absolute atomic E-state index is 13.3. The van der Waals surface area contributed by atoms with Gasteiger partial charge in [-0.05, 0) is 48.0 Å². The number of fused-ring (bicyclic) bond motifs is 2. The van der Waals surface area contributed by atoms with Crippen LogP contribution in [0, 0.1) is 0 Å². The molecule has 0 saturated heterocycles. The summed E-state index contributed by atoms with van der Waals surface area (Å²) in [5, 5.41) is 13.1. The molecule has 8 heteroatoms. The topological polar surface area (TPSA) is 101 Å². The molecule has 0 fully saturated rings. The van der Waals surface area contributed by atoms with Crippen LogP contribution in [0.4, 0.5) is 10.5 Å². The van der Waals surface area contributed by atoms with Crippen molar-refractivity contribution in [2.75, 3.05) is 5.32 Å². The van der Waals surface area contributed by atoms with Gasteiger partial charge in [0.25, 0.3) is 5.78 Å². The van der Waals surface area contributed by atoms with Gasteiger partial charge in [-0.3, -0.25) is 14.9 Å². The van der Waals surface area contributed by atoms with E-state index in [0.717, 1.165) is 11.1 Å². The number of pyridine rings is 1. The van der Waals surface area contributed by atoms with Gasteiger partial charge in [-0.25, -0.2) is 9.78 Å². The number of aromatic nitrogens is 2. The van der Waals surface area contributed by atoms with E-state index in [4.69, 9.17) is 16.7 Å². The van der Waals surface area contributed by atoms with Crippen molar-refractivity contribution >= 4 is 56.8 Å². The molecule has 5 aromatic rings. The molecule has 2 aromatic heterocycles. The van der Waals surface area contributed by atoms with Gasteiger partial charge in [0.1, 0.15) is 5.69 Å². The van der Waals surface area contributed by atoms with Crippen LogP contribution >= 0.6 is 11.6 Å². The molecule has 2 N–H and O–H groups in total. The number of nitrogens with one attached hydrogen (secondary N) is 1. The highest BCUT2D eigenvalue weighted by molar-refractivity contribution is 6.50. The monoisotopic (exact) mass is 483 g/mol. The summed E-state index contributed by atoms with van der Waals surface area (Å²) in [4.78, 5) is 41.6. The molecular weight excluding hydrogens is 466 g/mol. The molecule has 1 amide bonds. The van der Waals surface area contributed by atoms with Gasteiger partial charge in [-0.15, -0.1) is 0 Å². The third kappa shape index (κ3) is 4.49. The number of halogens is 1. The maximum atomic E-state index is 13.3. The van der Waals surface area contributed by atoms with Gasteiger partial charge < -0.3 is 9.67 Å². The van der Waals surface area contributed by atoms with Crippen molar-refractivity contribution in [2.24, 2.45) is 0 Å². The highest BCUT2D eigenvalue weighted by Crippen LogP contribution is 2.25. The van der Waals surface area contributed by atoms with Crippen LogP contribution in [0.3, 0.4) is 0 Å². The Morgan fingerprint density at radius 2 is 1.69 bits per heavy atom. The van der Waals surface area contributed by atoms with Crippen molar-refractivity contribution in [3.05, 3.63) is 107 Å². The Morgan fingerprint density at radius 3 is 2.46 bits per heavy atom. The smallest absolute Gasteiger partial charge is 0.409 e.